The standard InChI is InChI=1S/C11H9NOS2/c12-11(13)8-4-1-2-5-9(8)15-10-6-3-7-14-10/h1-7H,(H2,12,13). The van der Waals surface area contributed by atoms with Gasteiger partial charge in [0, 0.05) is 4.90 Å². The van der Waals surface area contributed by atoms with Crippen LogP contribution < -0.4 is 5.73 Å². The molecule has 0 aliphatic carbocycles. The van der Waals surface area contributed by atoms with Crippen molar-refractivity contribution in [2.24, 2.45) is 5.73 Å². The number of carbonyl (C=O) groups is 1. The third-order valence-electron chi connectivity index (χ3n) is 1.86. The van der Waals surface area contributed by atoms with Gasteiger partial charge in [-0.25, -0.2) is 0 Å². The van der Waals surface area contributed by atoms with Gasteiger partial charge in [-0.05, 0) is 23.6 Å². The number of carbonyl (C=O) groups excluding carboxylic acids is 1. The SMILES string of the molecule is NC(=O)c1ccccc1Sc1cccs1. The summed E-state index contributed by atoms with van der Waals surface area (Å²) in [6.07, 6.45) is 0. The van der Waals surface area contributed by atoms with Crippen molar-refractivity contribution >= 4 is 29.0 Å². The summed E-state index contributed by atoms with van der Waals surface area (Å²) < 4.78 is 1.16. The Balaban J connectivity index is 2.32. The van der Waals surface area contributed by atoms with Gasteiger partial charge in [-0.3, -0.25) is 4.79 Å². The lowest BCUT2D eigenvalue weighted by Gasteiger charge is -2.03. The Bertz CT molecular complexity index is 465. The third-order valence-corrected chi connectivity index (χ3v) is 3.97. The highest BCUT2D eigenvalue weighted by atomic mass is 32.2. The van der Waals surface area contributed by atoms with Crippen molar-refractivity contribution in [1.29, 1.82) is 0 Å². The fourth-order valence-electron chi connectivity index (χ4n) is 1.19. The van der Waals surface area contributed by atoms with Gasteiger partial charge in [0.05, 0.1) is 9.77 Å². The molecule has 1 aromatic carbocycles. The molecule has 0 atom stereocenters. The number of hydrogen-bond donors (Lipinski definition) is 1. The van der Waals surface area contributed by atoms with Gasteiger partial charge < -0.3 is 5.73 Å². The lowest BCUT2D eigenvalue weighted by molar-refractivity contribution is 0.0997. The molecule has 2 nitrogen and oxygen atoms in total. The lowest BCUT2D eigenvalue weighted by atomic mass is 10.2. The van der Waals surface area contributed by atoms with Gasteiger partial charge in [0.25, 0.3) is 0 Å². The molecule has 0 radical (unpaired) electrons. The molecule has 0 bridgehead atoms. The molecular formula is C11H9NOS2. The second kappa shape index (κ2) is 4.51. The minimum absolute atomic E-state index is 0.380. The average molecular weight is 235 g/mol. The van der Waals surface area contributed by atoms with E-state index in [4.69, 9.17) is 5.73 Å². The molecule has 0 aliphatic heterocycles. The summed E-state index contributed by atoms with van der Waals surface area (Å²) in [4.78, 5) is 12.1. The van der Waals surface area contributed by atoms with E-state index >= 15 is 0 Å². The van der Waals surface area contributed by atoms with Gasteiger partial charge in [-0.1, -0.05) is 30.0 Å². The molecule has 0 saturated carbocycles. The Labute approximate surface area is 96.1 Å². The summed E-state index contributed by atoms with van der Waals surface area (Å²) in [6.45, 7) is 0. The van der Waals surface area contributed by atoms with E-state index < -0.39 is 0 Å². The van der Waals surface area contributed by atoms with Crippen molar-refractivity contribution in [1.82, 2.24) is 0 Å². The Kier molecular flexibility index (Phi) is 3.08. The van der Waals surface area contributed by atoms with Crippen LogP contribution in [0, 0.1) is 0 Å². The zero-order valence-electron chi connectivity index (χ0n) is 7.84. The van der Waals surface area contributed by atoms with Crippen LogP contribution in [0.3, 0.4) is 0 Å². The van der Waals surface area contributed by atoms with Gasteiger partial charge in [0.2, 0.25) is 5.91 Å². The Morgan fingerprint density at radius 3 is 2.67 bits per heavy atom. The highest BCUT2D eigenvalue weighted by Gasteiger charge is 2.08. The number of hydrogen-bond acceptors (Lipinski definition) is 3. The molecule has 0 saturated heterocycles. The summed E-state index contributed by atoms with van der Waals surface area (Å²) in [5.74, 6) is -0.380. The van der Waals surface area contributed by atoms with Crippen LogP contribution in [0.2, 0.25) is 0 Å². The maximum absolute atomic E-state index is 11.2. The van der Waals surface area contributed by atoms with Crippen LogP contribution in [-0.2, 0) is 0 Å². The highest BCUT2D eigenvalue weighted by molar-refractivity contribution is 8.01. The first-order chi connectivity index (χ1) is 7.27. The zero-order chi connectivity index (χ0) is 10.7. The minimum atomic E-state index is -0.380. The van der Waals surface area contributed by atoms with Gasteiger partial charge >= 0.3 is 0 Å². The van der Waals surface area contributed by atoms with Crippen LogP contribution in [0.15, 0.2) is 50.9 Å². The molecular weight excluding hydrogens is 226 g/mol. The second-order valence-corrected chi connectivity index (χ2v) is 5.18. The fraction of sp³-hybridized carbons (Fsp3) is 0. The van der Waals surface area contributed by atoms with Crippen molar-refractivity contribution in [2.75, 3.05) is 0 Å². The van der Waals surface area contributed by atoms with E-state index in [2.05, 4.69) is 0 Å². The van der Waals surface area contributed by atoms with Crippen LogP contribution in [-0.4, -0.2) is 5.91 Å². The van der Waals surface area contributed by atoms with Crippen LogP contribution >= 0.6 is 23.1 Å². The van der Waals surface area contributed by atoms with Crippen LogP contribution in [0.5, 0.6) is 0 Å². The number of primary amides is 1. The van der Waals surface area contributed by atoms with Crippen molar-refractivity contribution in [3.8, 4) is 0 Å². The summed E-state index contributed by atoms with van der Waals surface area (Å²) in [6, 6.07) is 11.4. The molecule has 4 heteroatoms. The van der Waals surface area contributed by atoms with Gasteiger partial charge in [-0.15, -0.1) is 11.3 Å². The predicted molar refractivity (Wildman–Crippen MR) is 63.4 cm³/mol. The number of benzene rings is 1. The predicted octanol–water partition coefficient (Wildman–Crippen LogP) is 3.00. The highest BCUT2D eigenvalue weighted by Crippen LogP contribution is 2.33. The van der Waals surface area contributed by atoms with E-state index in [9.17, 15) is 4.79 Å². The minimum Gasteiger partial charge on any atom is -0.366 e. The quantitative estimate of drug-likeness (QED) is 0.888. The molecule has 2 aromatic rings. The molecule has 0 unspecified atom stereocenters. The summed E-state index contributed by atoms with van der Waals surface area (Å²) in [7, 11) is 0. The Morgan fingerprint density at radius 1 is 1.20 bits per heavy atom. The van der Waals surface area contributed by atoms with E-state index in [1.165, 1.54) is 0 Å². The topological polar surface area (TPSA) is 43.1 Å². The van der Waals surface area contributed by atoms with Crippen molar-refractivity contribution in [3.05, 3.63) is 47.3 Å². The molecule has 1 heterocycles. The Morgan fingerprint density at radius 2 is 2.00 bits per heavy atom. The Hall–Kier alpha value is -1.26. The normalized spacial score (nSPS) is 10.1. The van der Waals surface area contributed by atoms with Crippen LogP contribution in [0.4, 0.5) is 0 Å². The maximum Gasteiger partial charge on any atom is 0.249 e. The van der Waals surface area contributed by atoms with E-state index in [1.54, 1.807) is 29.2 Å². The van der Waals surface area contributed by atoms with E-state index in [0.717, 1.165) is 9.10 Å². The zero-order valence-corrected chi connectivity index (χ0v) is 9.48. The maximum atomic E-state index is 11.2. The smallest absolute Gasteiger partial charge is 0.249 e. The fourth-order valence-corrected chi connectivity index (χ4v) is 3.05. The largest absolute Gasteiger partial charge is 0.366 e. The average Bonchev–Trinajstić information content (AvgIpc) is 2.71. The molecule has 1 amide bonds. The van der Waals surface area contributed by atoms with Gasteiger partial charge in [0.1, 0.15) is 0 Å². The van der Waals surface area contributed by atoms with E-state index in [-0.39, 0.29) is 5.91 Å². The molecule has 0 aliphatic rings. The number of rotatable bonds is 3. The number of amides is 1. The van der Waals surface area contributed by atoms with Crippen LogP contribution in [0.1, 0.15) is 10.4 Å². The molecule has 0 fully saturated rings. The van der Waals surface area contributed by atoms with Gasteiger partial charge in [0.15, 0.2) is 0 Å². The first-order valence-corrected chi connectivity index (χ1v) is 6.07. The number of nitrogens with two attached hydrogens (primary N) is 1. The number of thiophene rings is 1. The molecule has 2 N–H and O–H groups in total. The lowest BCUT2D eigenvalue weighted by Crippen LogP contribution is -2.11. The molecule has 76 valence electrons. The second-order valence-electron chi connectivity index (χ2n) is 2.89. The van der Waals surface area contributed by atoms with Crippen molar-refractivity contribution in [2.45, 2.75) is 9.10 Å². The van der Waals surface area contributed by atoms with Crippen molar-refractivity contribution < 1.29 is 4.79 Å². The molecule has 0 spiro atoms. The molecule has 1 aromatic heterocycles. The molecule has 2 rings (SSSR count). The summed E-state index contributed by atoms with van der Waals surface area (Å²) in [5.41, 5.74) is 5.87. The summed E-state index contributed by atoms with van der Waals surface area (Å²) >= 11 is 3.22. The van der Waals surface area contributed by atoms with E-state index in [1.807, 2.05) is 35.7 Å². The van der Waals surface area contributed by atoms with E-state index in [0.29, 0.717) is 5.56 Å². The molecule has 15 heavy (non-hydrogen) atoms. The third kappa shape index (κ3) is 2.40. The van der Waals surface area contributed by atoms with Crippen molar-refractivity contribution in [3.63, 3.8) is 0 Å². The monoisotopic (exact) mass is 235 g/mol. The van der Waals surface area contributed by atoms with Crippen LogP contribution in [0.25, 0.3) is 0 Å². The van der Waals surface area contributed by atoms with Gasteiger partial charge in [-0.2, -0.15) is 0 Å². The first kappa shape index (κ1) is 10.3. The summed E-state index contributed by atoms with van der Waals surface area (Å²) in [5, 5.41) is 2.01. The first-order valence-electron chi connectivity index (χ1n) is 4.37.